The van der Waals surface area contributed by atoms with Crippen LogP contribution in [-0.2, 0) is 0 Å². The van der Waals surface area contributed by atoms with Crippen LogP contribution < -0.4 is 16.0 Å². The van der Waals surface area contributed by atoms with Gasteiger partial charge in [0.15, 0.2) is 5.75 Å². The highest BCUT2D eigenvalue weighted by Crippen LogP contribution is 2.38. The molecule has 25 heavy (non-hydrogen) atoms. The van der Waals surface area contributed by atoms with Crippen LogP contribution in [0.3, 0.4) is 0 Å². The standard InChI is InChI=1S/C17H13Cl2N3O3/c1-9-3-4-12(5-10(9)2)25-16-13(18)6-11(7-14(16)19)22-17(24)21-15(23)8-20-22/h3-8H,1-2H3,(H,21,23,24). The maximum atomic E-state index is 11.8. The summed E-state index contributed by atoms with van der Waals surface area (Å²) in [5.41, 5.74) is 1.24. The average molecular weight is 378 g/mol. The van der Waals surface area contributed by atoms with Crippen LogP contribution in [0.15, 0.2) is 46.1 Å². The van der Waals surface area contributed by atoms with Crippen LogP contribution >= 0.6 is 23.2 Å². The van der Waals surface area contributed by atoms with Gasteiger partial charge in [0.1, 0.15) is 11.9 Å². The molecule has 1 heterocycles. The molecule has 0 saturated carbocycles. The minimum absolute atomic E-state index is 0.209. The Labute approximate surface area is 152 Å². The lowest BCUT2D eigenvalue weighted by Gasteiger charge is -2.13. The first-order valence-electron chi connectivity index (χ1n) is 7.28. The summed E-state index contributed by atoms with van der Waals surface area (Å²) in [4.78, 5) is 25.1. The number of aryl methyl sites for hydroxylation is 2. The van der Waals surface area contributed by atoms with Crippen molar-refractivity contribution in [3.63, 3.8) is 0 Å². The van der Waals surface area contributed by atoms with Crippen LogP contribution in [0.25, 0.3) is 5.69 Å². The third-order valence-electron chi connectivity index (χ3n) is 3.64. The van der Waals surface area contributed by atoms with Crippen molar-refractivity contribution in [3.8, 4) is 17.2 Å². The number of hydrogen-bond donors (Lipinski definition) is 1. The van der Waals surface area contributed by atoms with Gasteiger partial charge in [-0.3, -0.25) is 9.78 Å². The number of rotatable bonds is 3. The Bertz CT molecular complexity index is 1050. The predicted octanol–water partition coefficient (Wildman–Crippen LogP) is 3.64. The van der Waals surface area contributed by atoms with Gasteiger partial charge in [-0.15, -0.1) is 0 Å². The van der Waals surface area contributed by atoms with E-state index in [-0.39, 0.29) is 15.8 Å². The number of hydrogen-bond acceptors (Lipinski definition) is 4. The van der Waals surface area contributed by atoms with Gasteiger partial charge in [-0.2, -0.15) is 9.78 Å². The Morgan fingerprint density at radius 2 is 1.72 bits per heavy atom. The van der Waals surface area contributed by atoms with Crippen molar-refractivity contribution < 1.29 is 4.74 Å². The van der Waals surface area contributed by atoms with Crippen LogP contribution in [0, 0.1) is 13.8 Å². The lowest BCUT2D eigenvalue weighted by atomic mass is 10.1. The van der Waals surface area contributed by atoms with E-state index in [0.29, 0.717) is 11.4 Å². The summed E-state index contributed by atoms with van der Waals surface area (Å²) in [6.45, 7) is 3.98. The van der Waals surface area contributed by atoms with Crippen molar-refractivity contribution in [2.45, 2.75) is 13.8 Å². The summed E-state index contributed by atoms with van der Waals surface area (Å²) in [5.74, 6) is 0.867. The topological polar surface area (TPSA) is 77.0 Å². The molecular weight excluding hydrogens is 365 g/mol. The Balaban J connectivity index is 2.01. The highest BCUT2D eigenvalue weighted by atomic mass is 35.5. The average Bonchev–Trinajstić information content (AvgIpc) is 2.54. The quantitative estimate of drug-likeness (QED) is 0.755. The first kappa shape index (κ1) is 17.3. The Kier molecular flexibility index (Phi) is 4.65. The first-order valence-corrected chi connectivity index (χ1v) is 8.04. The SMILES string of the molecule is Cc1ccc(Oc2c(Cl)cc(-n3ncc(=O)[nH]c3=O)cc2Cl)cc1C. The molecule has 0 aliphatic rings. The zero-order valence-electron chi connectivity index (χ0n) is 13.3. The van der Waals surface area contributed by atoms with Gasteiger partial charge in [-0.25, -0.2) is 4.79 Å². The molecule has 0 saturated heterocycles. The summed E-state index contributed by atoms with van der Waals surface area (Å²) in [6, 6.07) is 8.60. The second-order valence-electron chi connectivity index (χ2n) is 5.44. The van der Waals surface area contributed by atoms with Gasteiger partial charge in [0, 0.05) is 0 Å². The molecule has 0 unspecified atom stereocenters. The molecule has 2 aromatic carbocycles. The van der Waals surface area contributed by atoms with E-state index in [9.17, 15) is 9.59 Å². The zero-order chi connectivity index (χ0) is 18.1. The van der Waals surface area contributed by atoms with E-state index in [1.165, 1.54) is 12.1 Å². The lowest BCUT2D eigenvalue weighted by molar-refractivity contribution is 0.482. The summed E-state index contributed by atoms with van der Waals surface area (Å²) in [5, 5.41) is 4.19. The number of benzene rings is 2. The molecule has 6 nitrogen and oxygen atoms in total. The molecule has 0 aliphatic carbocycles. The minimum Gasteiger partial charge on any atom is -0.454 e. The molecule has 0 atom stereocenters. The van der Waals surface area contributed by atoms with Crippen molar-refractivity contribution in [2.75, 3.05) is 0 Å². The lowest BCUT2D eigenvalue weighted by Crippen LogP contribution is -2.30. The van der Waals surface area contributed by atoms with E-state index in [1.807, 2.05) is 32.0 Å². The largest absolute Gasteiger partial charge is 0.454 e. The third-order valence-corrected chi connectivity index (χ3v) is 4.20. The molecule has 0 fully saturated rings. The van der Waals surface area contributed by atoms with Crippen LogP contribution in [0.4, 0.5) is 0 Å². The molecule has 128 valence electrons. The molecule has 8 heteroatoms. The number of aromatic amines is 1. The minimum atomic E-state index is -0.692. The van der Waals surface area contributed by atoms with Gasteiger partial charge in [0.05, 0.1) is 15.7 Å². The zero-order valence-corrected chi connectivity index (χ0v) is 14.9. The van der Waals surface area contributed by atoms with Gasteiger partial charge in [0.2, 0.25) is 0 Å². The molecule has 3 aromatic rings. The molecule has 0 radical (unpaired) electrons. The molecule has 0 spiro atoms. The van der Waals surface area contributed by atoms with Crippen molar-refractivity contribution in [2.24, 2.45) is 0 Å². The van der Waals surface area contributed by atoms with E-state index in [0.717, 1.165) is 22.0 Å². The van der Waals surface area contributed by atoms with Crippen molar-refractivity contribution in [3.05, 3.63) is 78.5 Å². The second kappa shape index (κ2) is 6.74. The number of nitrogens with one attached hydrogen (secondary N) is 1. The van der Waals surface area contributed by atoms with Crippen LogP contribution in [0.1, 0.15) is 11.1 Å². The number of nitrogens with zero attached hydrogens (tertiary/aromatic N) is 2. The van der Waals surface area contributed by atoms with E-state index < -0.39 is 11.2 Å². The molecule has 0 amide bonds. The molecule has 0 bridgehead atoms. The Morgan fingerprint density at radius 1 is 1.04 bits per heavy atom. The molecule has 1 aromatic heterocycles. The highest BCUT2D eigenvalue weighted by Gasteiger charge is 2.14. The summed E-state index contributed by atoms with van der Waals surface area (Å²) in [6.07, 6.45) is 0.989. The molecular formula is C17H13Cl2N3O3. The first-order chi connectivity index (χ1) is 11.8. The highest BCUT2D eigenvalue weighted by molar-refractivity contribution is 6.37. The fourth-order valence-corrected chi connectivity index (χ4v) is 2.75. The molecule has 1 N–H and O–H groups in total. The summed E-state index contributed by atoms with van der Waals surface area (Å²) in [7, 11) is 0. The fraction of sp³-hybridized carbons (Fsp3) is 0.118. The van der Waals surface area contributed by atoms with Crippen molar-refractivity contribution in [1.82, 2.24) is 14.8 Å². The van der Waals surface area contributed by atoms with Crippen LogP contribution in [0.5, 0.6) is 11.5 Å². The van der Waals surface area contributed by atoms with E-state index >= 15 is 0 Å². The summed E-state index contributed by atoms with van der Waals surface area (Å²) < 4.78 is 6.77. The molecule has 0 aliphatic heterocycles. The number of halogens is 2. The third kappa shape index (κ3) is 3.60. The maximum absolute atomic E-state index is 11.8. The van der Waals surface area contributed by atoms with E-state index in [1.54, 1.807) is 0 Å². The smallest absolute Gasteiger partial charge is 0.349 e. The van der Waals surface area contributed by atoms with Gasteiger partial charge < -0.3 is 4.74 Å². The number of ether oxygens (including phenoxy) is 1. The second-order valence-corrected chi connectivity index (χ2v) is 6.25. The monoisotopic (exact) mass is 377 g/mol. The summed E-state index contributed by atoms with van der Waals surface area (Å²) >= 11 is 12.5. The van der Waals surface area contributed by atoms with Crippen LogP contribution in [-0.4, -0.2) is 14.8 Å². The Hall–Kier alpha value is -2.57. The van der Waals surface area contributed by atoms with E-state index in [4.69, 9.17) is 27.9 Å². The normalized spacial score (nSPS) is 10.7. The van der Waals surface area contributed by atoms with E-state index in [2.05, 4.69) is 10.1 Å². The van der Waals surface area contributed by atoms with Gasteiger partial charge in [-0.05, 0) is 49.2 Å². The van der Waals surface area contributed by atoms with Gasteiger partial charge in [0.25, 0.3) is 5.56 Å². The van der Waals surface area contributed by atoms with Crippen molar-refractivity contribution >= 4 is 23.2 Å². The van der Waals surface area contributed by atoms with Crippen LogP contribution in [0.2, 0.25) is 10.0 Å². The molecule has 3 rings (SSSR count). The fourth-order valence-electron chi connectivity index (χ4n) is 2.20. The Morgan fingerprint density at radius 3 is 2.32 bits per heavy atom. The maximum Gasteiger partial charge on any atom is 0.349 e. The van der Waals surface area contributed by atoms with Crippen molar-refractivity contribution in [1.29, 1.82) is 0 Å². The number of aromatic nitrogens is 3. The predicted molar refractivity (Wildman–Crippen MR) is 96.5 cm³/mol. The number of H-pyrrole nitrogens is 1. The van der Waals surface area contributed by atoms with Gasteiger partial charge >= 0.3 is 5.69 Å². The van der Waals surface area contributed by atoms with Gasteiger partial charge in [-0.1, -0.05) is 29.3 Å².